The number of benzene rings is 2. The molecule has 1 aliphatic rings. The number of nitrogens with one attached hydrogen (secondary N) is 1. The molecule has 4 rings (SSSR count). The molecule has 3 aromatic rings. The van der Waals surface area contributed by atoms with Gasteiger partial charge in [-0.1, -0.05) is 29.3 Å². The molecule has 3 nitrogen and oxygen atoms in total. The van der Waals surface area contributed by atoms with E-state index in [9.17, 15) is 26.7 Å². The molecule has 0 aliphatic heterocycles. The maximum atomic E-state index is 14.5. The van der Waals surface area contributed by atoms with Crippen LogP contribution in [0.15, 0.2) is 54.7 Å². The first-order valence-corrected chi connectivity index (χ1v) is 11.0. The van der Waals surface area contributed by atoms with Crippen molar-refractivity contribution in [2.75, 3.05) is 0 Å². The highest BCUT2D eigenvalue weighted by molar-refractivity contribution is 6.31. The number of hydrogen-bond acceptors (Lipinski definition) is 2. The average molecular weight is 515 g/mol. The molecule has 2 aromatic carbocycles. The molecule has 0 radical (unpaired) electrons. The van der Waals surface area contributed by atoms with E-state index in [1.807, 2.05) is 0 Å². The highest BCUT2D eigenvalue weighted by atomic mass is 35.5. The third-order valence-corrected chi connectivity index (χ3v) is 6.21. The van der Waals surface area contributed by atoms with E-state index in [1.165, 1.54) is 24.4 Å². The molecule has 0 unspecified atom stereocenters. The number of nitrogens with zero attached hydrogens (tertiary/aromatic N) is 1. The molecular weight excluding hydrogens is 498 g/mol. The summed E-state index contributed by atoms with van der Waals surface area (Å²) in [7, 11) is 0. The largest absolute Gasteiger partial charge is 0.416 e. The predicted octanol–water partition coefficient (Wildman–Crippen LogP) is 6.70. The molecule has 1 heterocycles. The number of carbonyl (C=O) groups is 1. The van der Waals surface area contributed by atoms with Gasteiger partial charge in [0.1, 0.15) is 17.2 Å². The molecule has 0 saturated heterocycles. The van der Waals surface area contributed by atoms with Crippen LogP contribution >= 0.6 is 23.2 Å². The normalized spacial score (nSPS) is 15.6. The van der Waals surface area contributed by atoms with Gasteiger partial charge in [0.25, 0.3) is 0 Å². The van der Waals surface area contributed by atoms with Crippen LogP contribution in [-0.2, 0) is 22.9 Å². The van der Waals surface area contributed by atoms with Gasteiger partial charge in [0.05, 0.1) is 16.3 Å². The molecule has 1 fully saturated rings. The first-order valence-electron chi connectivity index (χ1n) is 10.2. The molecule has 34 heavy (non-hydrogen) atoms. The summed E-state index contributed by atoms with van der Waals surface area (Å²) in [6, 6.07) is 8.49. The molecule has 1 aromatic heterocycles. The van der Waals surface area contributed by atoms with Crippen molar-refractivity contribution in [3.05, 3.63) is 98.8 Å². The van der Waals surface area contributed by atoms with Crippen molar-refractivity contribution < 1.29 is 26.7 Å². The third kappa shape index (κ3) is 5.18. The Morgan fingerprint density at radius 3 is 2.26 bits per heavy atom. The average Bonchev–Trinajstić information content (AvgIpc) is 3.60. The van der Waals surface area contributed by atoms with Crippen molar-refractivity contribution >= 4 is 29.1 Å². The summed E-state index contributed by atoms with van der Waals surface area (Å²) >= 11 is 12.2. The van der Waals surface area contributed by atoms with Crippen molar-refractivity contribution in [1.82, 2.24) is 10.3 Å². The Kier molecular flexibility index (Phi) is 6.57. The molecule has 1 atom stereocenters. The number of amides is 1. The Morgan fingerprint density at radius 2 is 1.68 bits per heavy atom. The van der Waals surface area contributed by atoms with Gasteiger partial charge >= 0.3 is 6.18 Å². The minimum absolute atomic E-state index is 0.00791. The van der Waals surface area contributed by atoms with Gasteiger partial charge in [0.15, 0.2) is 0 Å². The molecule has 0 bridgehead atoms. The zero-order valence-corrected chi connectivity index (χ0v) is 18.9. The van der Waals surface area contributed by atoms with E-state index >= 15 is 0 Å². The Hall–Kier alpha value is -2.71. The summed E-state index contributed by atoms with van der Waals surface area (Å²) < 4.78 is 68.9. The lowest BCUT2D eigenvalue weighted by Crippen LogP contribution is -2.50. The van der Waals surface area contributed by atoms with Crippen LogP contribution in [0.3, 0.4) is 0 Å². The summed E-state index contributed by atoms with van der Waals surface area (Å²) in [5.41, 5.74) is -2.75. The van der Waals surface area contributed by atoms with Crippen molar-refractivity contribution in [2.24, 2.45) is 5.92 Å². The molecule has 178 valence electrons. The molecule has 1 N–H and O–H groups in total. The smallest absolute Gasteiger partial charge is 0.340 e. The van der Waals surface area contributed by atoms with E-state index in [1.54, 1.807) is 0 Å². The summed E-state index contributed by atoms with van der Waals surface area (Å²) in [5.74, 6) is -2.51. The van der Waals surface area contributed by atoms with E-state index in [2.05, 4.69) is 10.3 Å². The van der Waals surface area contributed by atoms with Crippen LogP contribution in [0.5, 0.6) is 0 Å². The number of aromatic nitrogens is 1. The van der Waals surface area contributed by atoms with Crippen LogP contribution in [0.1, 0.15) is 35.2 Å². The molecule has 10 heteroatoms. The lowest BCUT2D eigenvalue weighted by atomic mass is 9.79. The number of pyridine rings is 1. The maximum absolute atomic E-state index is 14.5. The van der Waals surface area contributed by atoms with Gasteiger partial charge < -0.3 is 5.32 Å². The number of halogens is 7. The Labute approximate surface area is 201 Å². The van der Waals surface area contributed by atoms with Crippen LogP contribution in [0.25, 0.3) is 0 Å². The number of rotatable bonds is 6. The van der Waals surface area contributed by atoms with E-state index in [4.69, 9.17) is 23.2 Å². The quantitative estimate of drug-likeness (QED) is 0.372. The first-order chi connectivity index (χ1) is 16.0. The minimum Gasteiger partial charge on any atom is -0.340 e. The zero-order chi connectivity index (χ0) is 24.7. The molecular formula is C24H17Cl2F5N2O. The standard InChI is InChI=1S/C24H17Cl2F5N2O/c25-17-4-6-21(32-12-17)23(33-22(34)13-1-2-13,11-14-3-5-18(27)10-20(14)26)15-7-16(24(29,30)31)9-19(28)8-15/h3-10,12-13H,1-2,11H2,(H,33,34)/t23-/m1/s1. The minimum atomic E-state index is -4.84. The van der Waals surface area contributed by atoms with Crippen LogP contribution in [0.4, 0.5) is 22.0 Å². The van der Waals surface area contributed by atoms with Crippen LogP contribution in [0, 0.1) is 17.6 Å². The lowest BCUT2D eigenvalue weighted by Gasteiger charge is -2.36. The molecule has 1 aliphatic carbocycles. The monoisotopic (exact) mass is 514 g/mol. The van der Waals surface area contributed by atoms with Crippen LogP contribution in [-0.4, -0.2) is 10.9 Å². The molecule has 1 amide bonds. The fourth-order valence-corrected chi connectivity index (χ4v) is 4.10. The Morgan fingerprint density at radius 1 is 0.971 bits per heavy atom. The summed E-state index contributed by atoms with van der Waals surface area (Å²) in [4.78, 5) is 17.2. The maximum Gasteiger partial charge on any atom is 0.416 e. The zero-order valence-electron chi connectivity index (χ0n) is 17.4. The van der Waals surface area contributed by atoms with E-state index in [-0.39, 0.29) is 33.6 Å². The van der Waals surface area contributed by atoms with Crippen LogP contribution < -0.4 is 5.32 Å². The van der Waals surface area contributed by atoms with E-state index in [0.717, 1.165) is 24.3 Å². The second kappa shape index (κ2) is 9.15. The first kappa shape index (κ1) is 24.4. The highest BCUT2D eigenvalue weighted by Crippen LogP contribution is 2.40. The van der Waals surface area contributed by atoms with E-state index in [0.29, 0.717) is 24.5 Å². The van der Waals surface area contributed by atoms with Crippen molar-refractivity contribution in [3.8, 4) is 0 Å². The van der Waals surface area contributed by atoms with Gasteiger partial charge in [0.2, 0.25) is 5.91 Å². The molecule has 0 spiro atoms. The topological polar surface area (TPSA) is 42.0 Å². The van der Waals surface area contributed by atoms with Crippen molar-refractivity contribution in [1.29, 1.82) is 0 Å². The van der Waals surface area contributed by atoms with Crippen LogP contribution in [0.2, 0.25) is 10.0 Å². The number of alkyl halides is 3. The van der Waals surface area contributed by atoms with Gasteiger partial charge in [-0.15, -0.1) is 0 Å². The van der Waals surface area contributed by atoms with Gasteiger partial charge in [-0.25, -0.2) is 8.78 Å². The Bertz CT molecular complexity index is 1230. The fraction of sp³-hybridized carbons (Fsp3) is 0.250. The van der Waals surface area contributed by atoms with Gasteiger partial charge in [-0.2, -0.15) is 13.2 Å². The number of hydrogen-bond donors (Lipinski definition) is 1. The second-order valence-electron chi connectivity index (χ2n) is 8.17. The number of carbonyl (C=O) groups excluding carboxylic acids is 1. The summed E-state index contributed by atoms with van der Waals surface area (Å²) in [6.45, 7) is 0. The highest BCUT2D eigenvalue weighted by Gasteiger charge is 2.43. The van der Waals surface area contributed by atoms with Gasteiger partial charge in [-0.3, -0.25) is 9.78 Å². The SMILES string of the molecule is O=C(N[C@](Cc1ccc(F)cc1Cl)(c1cc(F)cc(C(F)(F)F)c1)c1ccc(Cl)cn1)C1CC1. The Balaban J connectivity index is 1.98. The molecule has 1 saturated carbocycles. The summed E-state index contributed by atoms with van der Waals surface area (Å²) in [5, 5.41) is 3.05. The summed E-state index contributed by atoms with van der Waals surface area (Å²) in [6.07, 6.45) is -2.57. The third-order valence-electron chi connectivity index (χ3n) is 5.64. The van der Waals surface area contributed by atoms with Crippen molar-refractivity contribution in [2.45, 2.75) is 31.0 Å². The fourth-order valence-electron chi connectivity index (χ4n) is 3.76. The van der Waals surface area contributed by atoms with E-state index < -0.39 is 34.8 Å². The lowest BCUT2D eigenvalue weighted by molar-refractivity contribution is -0.137. The van der Waals surface area contributed by atoms with Gasteiger partial charge in [-0.05, 0) is 66.4 Å². The second-order valence-corrected chi connectivity index (χ2v) is 9.01. The van der Waals surface area contributed by atoms with Crippen molar-refractivity contribution in [3.63, 3.8) is 0 Å². The van der Waals surface area contributed by atoms with Gasteiger partial charge in [0, 0.05) is 23.6 Å². The predicted molar refractivity (Wildman–Crippen MR) is 117 cm³/mol.